The number of nitrogens with one attached hydrogen (secondary N) is 2. The van der Waals surface area contributed by atoms with E-state index in [0.717, 1.165) is 0 Å². The summed E-state index contributed by atoms with van der Waals surface area (Å²) >= 11 is 5.91. The highest BCUT2D eigenvalue weighted by molar-refractivity contribution is 7.85. The predicted octanol–water partition coefficient (Wildman–Crippen LogP) is 2.84. The normalized spacial score (nSPS) is 11.2. The van der Waals surface area contributed by atoms with Crippen LogP contribution in [0.25, 0.3) is 0 Å². The number of nitrogen functional groups attached to an aromatic ring is 1. The molecule has 0 saturated carbocycles. The summed E-state index contributed by atoms with van der Waals surface area (Å²) < 4.78 is 31.6. The first-order valence-electron chi connectivity index (χ1n) is 7.18. The van der Waals surface area contributed by atoms with Gasteiger partial charge in [-0.25, -0.2) is 0 Å². The average molecular weight is 393 g/mol. The van der Waals surface area contributed by atoms with Crippen molar-refractivity contribution < 1.29 is 13.0 Å². The summed E-state index contributed by atoms with van der Waals surface area (Å²) in [5, 5.41) is 5.70. The Labute approximate surface area is 154 Å². The Morgan fingerprint density at radius 1 is 0.923 bits per heavy atom. The van der Waals surface area contributed by atoms with Gasteiger partial charge in [-0.15, -0.1) is 0 Å². The van der Waals surface area contributed by atoms with Gasteiger partial charge in [-0.3, -0.25) is 4.55 Å². The first-order chi connectivity index (χ1) is 12.3. The van der Waals surface area contributed by atoms with Gasteiger partial charge in [0.25, 0.3) is 10.1 Å². The number of hydrogen-bond acceptors (Lipinski definition) is 8. The molecule has 0 bridgehead atoms. The Morgan fingerprint density at radius 2 is 1.54 bits per heavy atom. The molecule has 1 heterocycles. The van der Waals surface area contributed by atoms with Crippen LogP contribution in [0.2, 0.25) is 5.28 Å². The number of benzene rings is 2. The highest BCUT2D eigenvalue weighted by Crippen LogP contribution is 2.21. The van der Waals surface area contributed by atoms with Gasteiger partial charge in [-0.05, 0) is 54.1 Å². The van der Waals surface area contributed by atoms with Crippen molar-refractivity contribution in [1.29, 1.82) is 0 Å². The van der Waals surface area contributed by atoms with Crippen LogP contribution in [0, 0.1) is 0 Å². The molecule has 2 aromatic carbocycles. The minimum Gasteiger partial charge on any atom is -0.399 e. The smallest absolute Gasteiger partial charge is 0.294 e. The molecule has 134 valence electrons. The zero-order valence-electron chi connectivity index (χ0n) is 13.1. The van der Waals surface area contributed by atoms with Crippen molar-refractivity contribution in [3.63, 3.8) is 0 Å². The predicted molar refractivity (Wildman–Crippen MR) is 98.5 cm³/mol. The lowest BCUT2D eigenvalue weighted by atomic mass is 10.3. The first-order valence-corrected chi connectivity index (χ1v) is 9.00. The van der Waals surface area contributed by atoms with Crippen LogP contribution in [0.1, 0.15) is 0 Å². The van der Waals surface area contributed by atoms with Crippen LogP contribution in [0.4, 0.5) is 29.0 Å². The average Bonchev–Trinajstić information content (AvgIpc) is 2.56. The highest BCUT2D eigenvalue weighted by atomic mass is 35.5. The number of halogens is 1. The van der Waals surface area contributed by atoms with E-state index in [0.29, 0.717) is 17.1 Å². The third kappa shape index (κ3) is 4.57. The molecule has 9 nitrogen and oxygen atoms in total. The van der Waals surface area contributed by atoms with Crippen molar-refractivity contribution in [1.82, 2.24) is 15.0 Å². The lowest BCUT2D eigenvalue weighted by Crippen LogP contribution is -2.05. The van der Waals surface area contributed by atoms with E-state index in [-0.39, 0.29) is 22.1 Å². The number of anilines is 5. The van der Waals surface area contributed by atoms with Gasteiger partial charge in [-0.2, -0.15) is 23.4 Å². The van der Waals surface area contributed by atoms with Crippen LogP contribution < -0.4 is 16.4 Å². The second-order valence-electron chi connectivity index (χ2n) is 5.13. The summed E-state index contributed by atoms with van der Waals surface area (Å²) in [6.45, 7) is 0. The molecule has 3 rings (SSSR count). The zero-order chi connectivity index (χ0) is 18.7. The number of hydrogen-bond donors (Lipinski definition) is 4. The summed E-state index contributed by atoms with van der Waals surface area (Å²) in [5.41, 5.74) is 7.30. The molecule has 0 atom stereocenters. The molecular weight excluding hydrogens is 380 g/mol. The maximum absolute atomic E-state index is 11.2. The molecule has 3 aromatic rings. The summed E-state index contributed by atoms with van der Waals surface area (Å²) in [4.78, 5) is 11.8. The van der Waals surface area contributed by atoms with E-state index < -0.39 is 10.1 Å². The fourth-order valence-corrected chi connectivity index (χ4v) is 2.71. The quantitative estimate of drug-likeness (QED) is 0.380. The summed E-state index contributed by atoms with van der Waals surface area (Å²) in [6.07, 6.45) is 0. The fraction of sp³-hybridized carbons (Fsp3) is 0. The minimum absolute atomic E-state index is 0.0635. The summed E-state index contributed by atoms with van der Waals surface area (Å²) in [5.74, 6) is 0.277. The number of rotatable bonds is 5. The minimum atomic E-state index is -4.32. The van der Waals surface area contributed by atoms with E-state index in [1.165, 1.54) is 18.2 Å². The standard InChI is InChI=1S/C15H13ClN6O3S/c16-13-20-14(18-10-6-4-9(17)5-7-10)22-15(21-13)19-11-2-1-3-12(8-11)26(23,24)25/h1-8H,17H2,(H,23,24,25)(H2,18,19,20,21,22). The molecule has 0 saturated heterocycles. The second kappa shape index (κ2) is 7.12. The maximum Gasteiger partial charge on any atom is 0.294 e. The molecule has 0 spiro atoms. The third-order valence-corrected chi connectivity index (χ3v) is 4.18. The van der Waals surface area contributed by atoms with Crippen LogP contribution in [-0.4, -0.2) is 27.9 Å². The Hall–Kier alpha value is -2.95. The molecule has 11 heteroatoms. The van der Waals surface area contributed by atoms with Gasteiger partial charge in [0, 0.05) is 17.1 Å². The molecule has 0 aliphatic rings. The third-order valence-electron chi connectivity index (χ3n) is 3.16. The highest BCUT2D eigenvalue weighted by Gasteiger charge is 2.11. The van der Waals surface area contributed by atoms with Crippen molar-refractivity contribution in [2.75, 3.05) is 16.4 Å². The van der Waals surface area contributed by atoms with Crippen molar-refractivity contribution in [2.24, 2.45) is 0 Å². The second-order valence-corrected chi connectivity index (χ2v) is 6.89. The number of nitrogens with two attached hydrogens (primary N) is 1. The van der Waals surface area contributed by atoms with Crippen LogP contribution >= 0.6 is 11.6 Å². The van der Waals surface area contributed by atoms with Gasteiger partial charge in [0.2, 0.25) is 17.2 Å². The van der Waals surface area contributed by atoms with Crippen molar-refractivity contribution in [3.8, 4) is 0 Å². The van der Waals surface area contributed by atoms with Crippen molar-refractivity contribution >= 4 is 50.7 Å². The lowest BCUT2D eigenvalue weighted by molar-refractivity contribution is 0.483. The van der Waals surface area contributed by atoms with E-state index >= 15 is 0 Å². The van der Waals surface area contributed by atoms with Crippen LogP contribution in [0.5, 0.6) is 0 Å². The van der Waals surface area contributed by atoms with Crippen LogP contribution in [0.3, 0.4) is 0 Å². The Bertz CT molecular complexity index is 1040. The van der Waals surface area contributed by atoms with Gasteiger partial charge in [0.1, 0.15) is 0 Å². The molecule has 0 amide bonds. The van der Waals surface area contributed by atoms with Gasteiger partial charge in [-0.1, -0.05) is 6.07 Å². The van der Waals surface area contributed by atoms with Gasteiger partial charge >= 0.3 is 0 Å². The fourth-order valence-electron chi connectivity index (χ4n) is 2.02. The summed E-state index contributed by atoms with van der Waals surface area (Å²) in [7, 11) is -4.32. The molecular formula is C15H13ClN6O3S. The van der Waals surface area contributed by atoms with E-state index in [1.54, 1.807) is 30.3 Å². The van der Waals surface area contributed by atoms with E-state index in [9.17, 15) is 8.42 Å². The Morgan fingerprint density at radius 3 is 2.15 bits per heavy atom. The maximum atomic E-state index is 11.2. The zero-order valence-corrected chi connectivity index (χ0v) is 14.7. The van der Waals surface area contributed by atoms with Gasteiger partial charge in [0.05, 0.1) is 4.90 Å². The monoisotopic (exact) mass is 392 g/mol. The Kier molecular flexibility index (Phi) is 4.89. The topological polar surface area (TPSA) is 143 Å². The SMILES string of the molecule is Nc1ccc(Nc2nc(Cl)nc(Nc3cccc(S(=O)(=O)O)c3)n2)cc1. The van der Waals surface area contributed by atoms with E-state index in [4.69, 9.17) is 21.9 Å². The number of nitrogens with zero attached hydrogens (tertiary/aromatic N) is 3. The van der Waals surface area contributed by atoms with Gasteiger partial charge in [0.15, 0.2) is 0 Å². The molecule has 0 unspecified atom stereocenters. The Balaban J connectivity index is 1.85. The van der Waals surface area contributed by atoms with Crippen molar-refractivity contribution in [2.45, 2.75) is 4.90 Å². The first kappa shape index (κ1) is 17.9. The van der Waals surface area contributed by atoms with Gasteiger partial charge < -0.3 is 16.4 Å². The molecule has 1 aromatic heterocycles. The van der Waals surface area contributed by atoms with Crippen LogP contribution in [0.15, 0.2) is 53.4 Å². The summed E-state index contributed by atoms with van der Waals surface area (Å²) in [6, 6.07) is 12.5. The van der Waals surface area contributed by atoms with E-state index in [2.05, 4.69) is 25.6 Å². The molecule has 26 heavy (non-hydrogen) atoms. The largest absolute Gasteiger partial charge is 0.399 e. The van der Waals surface area contributed by atoms with Crippen molar-refractivity contribution in [3.05, 3.63) is 53.8 Å². The molecule has 0 fully saturated rings. The molecule has 0 aliphatic carbocycles. The molecule has 0 aliphatic heterocycles. The van der Waals surface area contributed by atoms with E-state index in [1.807, 2.05) is 0 Å². The lowest BCUT2D eigenvalue weighted by Gasteiger charge is -2.09. The molecule has 0 radical (unpaired) electrons. The molecule has 5 N–H and O–H groups in total. The van der Waals surface area contributed by atoms with Crippen LogP contribution in [-0.2, 0) is 10.1 Å². The number of aromatic nitrogens is 3.